The van der Waals surface area contributed by atoms with Crippen molar-refractivity contribution < 1.29 is 18.0 Å². The molecule has 7 nitrogen and oxygen atoms in total. The highest BCUT2D eigenvalue weighted by Crippen LogP contribution is 2.37. The Bertz CT molecular complexity index is 1040. The molecular weight excluding hydrogens is 465 g/mol. The van der Waals surface area contributed by atoms with E-state index < -0.39 is 11.7 Å². The third-order valence-corrected chi connectivity index (χ3v) is 7.48. The second kappa shape index (κ2) is 10.2. The standard InChI is InChI=1S/C23H27F3N6OS/c24-23(25,26)16-4-1-15(8-27)19(7-16)22(28)30-10-21(33)31-17-11-32(12-17)18-5-2-14(3-6-18)20-9-29-13-34-20/h1,4,7-9,13-14,17-18,27H,2-3,5-6,10-12H2,(H2,28,30)(H,31,33). The number of aliphatic imine (C=N–C) groups is 1. The van der Waals surface area contributed by atoms with Crippen molar-refractivity contribution in [2.75, 3.05) is 19.6 Å². The molecule has 1 aromatic carbocycles. The van der Waals surface area contributed by atoms with Crippen LogP contribution in [0.5, 0.6) is 0 Å². The molecule has 0 atom stereocenters. The molecule has 2 aromatic rings. The van der Waals surface area contributed by atoms with E-state index >= 15 is 0 Å². The number of carbonyl (C=O) groups excluding carboxylic acids is 1. The van der Waals surface area contributed by atoms with Crippen LogP contribution in [0.3, 0.4) is 0 Å². The van der Waals surface area contributed by atoms with Crippen molar-refractivity contribution in [3.05, 3.63) is 51.5 Å². The van der Waals surface area contributed by atoms with Gasteiger partial charge >= 0.3 is 6.18 Å². The highest BCUT2D eigenvalue weighted by molar-refractivity contribution is 7.09. The van der Waals surface area contributed by atoms with Gasteiger partial charge in [0.05, 0.1) is 17.1 Å². The highest BCUT2D eigenvalue weighted by atomic mass is 32.1. The quantitative estimate of drug-likeness (QED) is 0.407. The van der Waals surface area contributed by atoms with Gasteiger partial charge in [0.1, 0.15) is 12.4 Å². The van der Waals surface area contributed by atoms with Crippen molar-refractivity contribution in [1.82, 2.24) is 15.2 Å². The summed E-state index contributed by atoms with van der Waals surface area (Å²) in [5.41, 5.74) is 7.05. The van der Waals surface area contributed by atoms with Crippen LogP contribution in [0.15, 0.2) is 34.9 Å². The summed E-state index contributed by atoms with van der Waals surface area (Å²) in [7, 11) is 0. The Balaban J connectivity index is 1.24. The third kappa shape index (κ3) is 5.64. The summed E-state index contributed by atoms with van der Waals surface area (Å²) in [5, 5.41) is 10.3. The van der Waals surface area contributed by atoms with E-state index in [9.17, 15) is 18.0 Å². The first kappa shape index (κ1) is 24.3. The van der Waals surface area contributed by atoms with Gasteiger partial charge in [0.25, 0.3) is 0 Å². The summed E-state index contributed by atoms with van der Waals surface area (Å²) in [5.74, 6) is 0.0754. The lowest BCUT2D eigenvalue weighted by Crippen LogP contribution is -2.62. The average Bonchev–Trinajstić information content (AvgIpc) is 3.33. The molecule has 1 aromatic heterocycles. The number of rotatable bonds is 7. The molecule has 34 heavy (non-hydrogen) atoms. The molecule has 1 saturated carbocycles. The van der Waals surface area contributed by atoms with Crippen LogP contribution in [0, 0.1) is 5.41 Å². The predicted molar refractivity (Wildman–Crippen MR) is 126 cm³/mol. The van der Waals surface area contributed by atoms with E-state index in [0.717, 1.165) is 57.1 Å². The van der Waals surface area contributed by atoms with Crippen LogP contribution in [0.25, 0.3) is 0 Å². The maximum atomic E-state index is 13.0. The van der Waals surface area contributed by atoms with Gasteiger partial charge in [-0.05, 0) is 43.7 Å². The lowest BCUT2D eigenvalue weighted by atomic mass is 9.83. The molecule has 0 unspecified atom stereocenters. The SMILES string of the molecule is N=Cc1ccc(C(F)(F)F)cc1C(N)=NCC(=O)NC1CN(C2CCC(c3cncs3)CC2)C1. The maximum absolute atomic E-state index is 13.0. The van der Waals surface area contributed by atoms with Gasteiger partial charge in [0.2, 0.25) is 5.91 Å². The minimum absolute atomic E-state index is 0.0126. The molecular formula is C23H27F3N6OS. The van der Waals surface area contributed by atoms with Gasteiger partial charge in [-0.25, -0.2) is 0 Å². The predicted octanol–water partition coefficient (Wildman–Crippen LogP) is 3.39. The number of hydrogen-bond acceptors (Lipinski definition) is 6. The number of nitrogens with two attached hydrogens (primary N) is 1. The fourth-order valence-corrected chi connectivity index (χ4v) is 5.44. The molecule has 4 N–H and O–H groups in total. The Morgan fingerprint density at radius 3 is 2.65 bits per heavy atom. The number of likely N-dealkylation sites (tertiary alicyclic amines) is 1. The van der Waals surface area contributed by atoms with E-state index in [1.54, 1.807) is 11.3 Å². The number of halogens is 3. The molecule has 1 saturated heterocycles. The minimum Gasteiger partial charge on any atom is -0.383 e. The number of carbonyl (C=O) groups is 1. The molecule has 1 amide bonds. The number of nitrogens with one attached hydrogen (secondary N) is 2. The lowest BCUT2D eigenvalue weighted by molar-refractivity contribution is -0.137. The summed E-state index contributed by atoms with van der Waals surface area (Å²) in [6.07, 6.45) is 2.92. The number of amides is 1. The van der Waals surface area contributed by atoms with Gasteiger partial charge in [-0.3, -0.25) is 19.7 Å². The molecule has 182 valence electrons. The number of nitrogens with zero attached hydrogens (tertiary/aromatic N) is 3. The largest absolute Gasteiger partial charge is 0.416 e. The van der Waals surface area contributed by atoms with E-state index in [4.69, 9.17) is 11.1 Å². The van der Waals surface area contributed by atoms with E-state index in [1.807, 2.05) is 11.7 Å². The summed E-state index contributed by atoms with van der Waals surface area (Å²) in [4.78, 5) is 24.2. The topological polar surface area (TPSA) is 107 Å². The van der Waals surface area contributed by atoms with E-state index in [0.29, 0.717) is 12.0 Å². The van der Waals surface area contributed by atoms with Crippen molar-refractivity contribution in [1.29, 1.82) is 5.41 Å². The van der Waals surface area contributed by atoms with Crippen LogP contribution in [-0.4, -0.2) is 59.6 Å². The second-order valence-electron chi connectivity index (χ2n) is 8.77. The lowest BCUT2D eigenvalue weighted by Gasteiger charge is -2.46. The number of amidine groups is 1. The third-order valence-electron chi connectivity index (χ3n) is 6.55. The first-order valence-corrected chi connectivity index (χ1v) is 12.1. The number of thiazole rings is 1. The Kier molecular flexibility index (Phi) is 7.32. The first-order valence-electron chi connectivity index (χ1n) is 11.2. The van der Waals surface area contributed by atoms with E-state index in [2.05, 4.69) is 20.2 Å². The average molecular weight is 493 g/mol. The van der Waals surface area contributed by atoms with Gasteiger partial charge in [-0.2, -0.15) is 13.2 Å². The van der Waals surface area contributed by atoms with Gasteiger partial charge in [0.15, 0.2) is 0 Å². The number of aromatic nitrogens is 1. The smallest absolute Gasteiger partial charge is 0.383 e. The Morgan fingerprint density at radius 1 is 1.29 bits per heavy atom. The van der Waals surface area contributed by atoms with Crippen LogP contribution in [0.4, 0.5) is 13.2 Å². The zero-order chi connectivity index (χ0) is 24.3. The fourth-order valence-electron chi connectivity index (χ4n) is 4.65. The summed E-state index contributed by atoms with van der Waals surface area (Å²) >= 11 is 1.72. The van der Waals surface area contributed by atoms with Gasteiger partial charge in [0, 0.05) is 47.5 Å². The summed E-state index contributed by atoms with van der Waals surface area (Å²) < 4.78 is 39.0. The normalized spacial score (nSPS) is 22.3. The Labute approximate surface area is 199 Å². The monoisotopic (exact) mass is 492 g/mol. The van der Waals surface area contributed by atoms with Crippen molar-refractivity contribution in [2.24, 2.45) is 10.7 Å². The molecule has 2 fully saturated rings. The van der Waals surface area contributed by atoms with Crippen LogP contribution in [-0.2, 0) is 11.0 Å². The van der Waals surface area contributed by atoms with Crippen molar-refractivity contribution >= 4 is 29.3 Å². The molecule has 1 aliphatic heterocycles. The Morgan fingerprint density at radius 2 is 2.03 bits per heavy atom. The van der Waals surface area contributed by atoms with Gasteiger partial charge < -0.3 is 16.5 Å². The molecule has 1 aliphatic carbocycles. The van der Waals surface area contributed by atoms with Crippen LogP contribution in [0.2, 0.25) is 0 Å². The molecule has 0 bridgehead atoms. The van der Waals surface area contributed by atoms with Gasteiger partial charge in [-0.15, -0.1) is 11.3 Å². The zero-order valence-electron chi connectivity index (χ0n) is 18.5. The number of benzene rings is 1. The molecule has 2 aliphatic rings. The first-order chi connectivity index (χ1) is 16.2. The summed E-state index contributed by atoms with van der Waals surface area (Å²) in [6.45, 7) is 1.29. The maximum Gasteiger partial charge on any atom is 0.416 e. The zero-order valence-corrected chi connectivity index (χ0v) is 19.3. The number of alkyl halides is 3. The molecule has 11 heteroatoms. The molecule has 4 rings (SSSR count). The molecule has 2 heterocycles. The van der Waals surface area contributed by atoms with Crippen molar-refractivity contribution in [3.63, 3.8) is 0 Å². The minimum atomic E-state index is -4.54. The summed E-state index contributed by atoms with van der Waals surface area (Å²) in [6, 6.07) is 3.48. The van der Waals surface area contributed by atoms with E-state index in [-0.39, 0.29) is 35.5 Å². The molecule has 0 radical (unpaired) electrons. The van der Waals surface area contributed by atoms with Crippen LogP contribution < -0.4 is 11.1 Å². The highest BCUT2D eigenvalue weighted by Gasteiger charge is 2.35. The Hall–Kier alpha value is -2.79. The van der Waals surface area contributed by atoms with Crippen molar-refractivity contribution in [2.45, 2.75) is 49.9 Å². The van der Waals surface area contributed by atoms with Crippen LogP contribution >= 0.6 is 11.3 Å². The van der Waals surface area contributed by atoms with Crippen LogP contribution in [0.1, 0.15) is 53.2 Å². The number of hydrogen-bond donors (Lipinski definition) is 3. The fraction of sp³-hybridized carbons (Fsp3) is 0.478. The van der Waals surface area contributed by atoms with Gasteiger partial charge in [-0.1, -0.05) is 6.07 Å². The van der Waals surface area contributed by atoms with E-state index in [1.165, 1.54) is 10.9 Å². The molecule has 0 spiro atoms. The second-order valence-corrected chi connectivity index (χ2v) is 9.69. The van der Waals surface area contributed by atoms with Crippen molar-refractivity contribution in [3.8, 4) is 0 Å².